The smallest absolute Gasteiger partial charge is 0.306 e. The van der Waals surface area contributed by atoms with Crippen LogP contribution in [0.2, 0.25) is 0 Å². The van der Waals surface area contributed by atoms with E-state index in [1.807, 2.05) is 0 Å². The molecule has 0 aliphatic carbocycles. The second-order valence-corrected chi connectivity index (χ2v) is 22.0. The molecule has 0 aromatic carbocycles. The molecule has 0 saturated heterocycles. The van der Waals surface area contributed by atoms with E-state index in [0.29, 0.717) is 19.3 Å². The van der Waals surface area contributed by atoms with Gasteiger partial charge in [0.1, 0.15) is 13.2 Å². The van der Waals surface area contributed by atoms with Gasteiger partial charge in [-0.2, -0.15) is 0 Å². The van der Waals surface area contributed by atoms with Crippen LogP contribution in [0, 0.1) is 0 Å². The summed E-state index contributed by atoms with van der Waals surface area (Å²) in [5.41, 5.74) is 0. The van der Waals surface area contributed by atoms with E-state index in [-0.39, 0.29) is 31.1 Å². The Morgan fingerprint density at radius 3 is 0.785 bits per heavy atom. The highest BCUT2D eigenvalue weighted by atomic mass is 16.6. The van der Waals surface area contributed by atoms with E-state index in [2.05, 4.69) is 130 Å². The van der Waals surface area contributed by atoms with Crippen molar-refractivity contribution in [1.29, 1.82) is 0 Å². The van der Waals surface area contributed by atoms with Crippen LogP contribution in [-0.2, 0) is 28.6 Å². The Labute approximate surface area is 489 Å². The second kappa shape index (κ2) is 66.6. The number of rotatable bonds is 60. The van der Waals surface area contributed by atoms with Gasteiger partial charge in [0.15, 0.2) is 6.10 Å². The van der Waals surface area contributed by atoms with Crippen molar-refractivity contribution in [3.05, 3.63) is 109 Å². The first-order chi connectivity index (χ1) is 39.0. The molecular formula is C73H124O6. The summed E-state index contributed by atoms with van der Waals surface area (Å²) in [4.78, 5) is 38.3. The Balaban J connectivity index is 4.32. The van der Waals surface area contributed by atoms with Crippen molar-refractivity contribution in [3.63, 3.8) is 0 Å². The van der Waals surface area contributed by atoms with Gasteiger partial charge in [-0.1, -0.05) is 297 Å². The molecule has 0 aliphatic heterocycles. The quantitative estimate of drug-likeness (QED) is 0.0261. The van der Waals surface area contributed by atoms with Gasteiger partial charge in [-0.15, -0.1) is 0 Å². The van der Waals surface area contributed by atoms with Gasteiger partial charge in [0.05, 0.1) is 0 Å². The summed E-state index contributed by atoms with van der Waals surface area (Å²) in [5, 5.41) is 0. The Morgan fingerprint density at radius 1 is 0.266 bits per heavy atom. The highest BCUT2D eigenvalue weighted by Gasteiger charge is 2.19. The van der Waals surface area contributed by atoms with E-state index in [9.17, 15) is 14.4 Å². The Hall–Kier alpha value is -3.93. The monoisotopic (exact) mass is 1100 g/mol. The van der Waals surface area contributed by atoms with Gasteiger partial charge in [-0.3, -0.25) is 14.4 Å². The van der Waals surface area contributed by atoms with E-state index >= 15 is 0 Å². The number of carbonyl (C=O) groups is 3. The maximum Gasteiger partial charge on any atom is 0.306 e. The van der Waals surface area contributed by atoms with Crippen LogP contribution in [-0.4, -0.2) is 37.2 Å². The van der Waals surface area contributed by atoms with E-state index in [1.165, 1.54) is 154 Å². The molecular weight excluding hydrogens is 973 g/mol. The lowest BCUT2D eigenvalue weighted by molar-refractivity contribution is -0.167. The van der Waals surface area contributed by atoms with Crippen LogP contribution in [0.4, 0.5) is 0 Å². The van der Waals surface area contributed by atoms with Gasteiger partial charge in [0, 0.05) is 19.3 Å². The molecule has 0 fully saturated rings. The molecule has 0 radical (unpaired) electrons. The lowest BCUT2D eigenvalue weighted by Gasteiger charge is -2.18. The third-order valence-electron chi connectivity index (χ3n) is 14.3. The number of unbranched alkanes of at least 4 members (excludes halogenated alkanes) is 31. The standard InChI is InChI=1S/C73H124O6/c1-4-7-10-13-16-19-22-25-27-29-30-31-32-33-34-35-36-37-38-39-40-41-42-44-45-48-51-54-57-60-63-66-72(75)78-69-70(68-77-71(74)65-62-59-56-53-50-47-24-21-18-15-12-9-6-3)79-73(76)67-64-61-58-55-52-49-46-43-28-26-23-20-17-14-11-8-5-2/h7,10,16,19,25-28,30-31,33-34,36-37,39-40,42,44,70H,4-6,8-9,11-15,17-18,20-24,29,32,35,38,41,43,45-69H2,1-3H3/b10-7-,19-16-,27-25-,28-26-,31-30-,34-33-,37-36-,40-39-,44-42-. The average Bonchev–Trinajstić information content (AvgIpc) is 3.45. The van der Waals surface area contributed by atoms with E-state index in [1.54, 1.807) is 0 Å². The van der Waals surface area contributed by atoms with Crippen LogP contribution in [0.1, 0.15) is 316 Å². The number of allylic oxidation sites excluding steroid dienone is 18. The molecule has 0 amide bonds. The molecule has 0 N–H and O–H groups in total. The van der Waals surface area contributed by atoms with Crippen molar-refractivity contribution in [2.24, 2.45) is 0 Å². The van der Waals surface area contributed by atoms with E-state index in [0.717, 1.165) is 122 Å². The zero-order valence-corrected chi connectivity index (χ0v) is 51.9. The molecule has 0 rings (SSSR count). The van der Waals surface area contributed by atoms with Crippen LogP contribution in [0.15, 0.2) is 109 Å². The highest BCUT2D eigenvalue weighted by Crippen LogP contribution is 2.16. The first-order valence-electron chi connectivity index (χ1n) is 33.4. The lowest BCUT2D eigenvalue weighted by atomic mass is 10.0. The average molecular weight is 1100 g/mol. The minimum atomic E-state index is -0.787. The fourth-order valence-corrected chi connectivity index (χ4v) is 9.28. The largest absolute Gasteiger partial charge is 0.462 e. The lowest BCUT2D eigenvalue weighted by Crippen LogP contribution is -2.30. The van der Waals surface area contributed by atoms with Gasteiger partial charge in [0.2, 0.25) is 0 Å². The van der Waals surface area contributed by atoms with Crippen molar-refractivity contribution < 1.29 is 28.6 Å². The molecule has 1 atom stereocenters. The van der Waals surface area contributed by atoms with Gasteiger partial charge >= 0.3 is 17.9 Å². The van der Waals surface area contributed by atoms with Gasteiger partial charge in [0.25, 0.3) is 0 Å². The molecule has 0 saturated carbocycles. The normalized spacial score (nSPS) is 12.8. The highest BCUT2D eigenvalue weighted by molar-refractivity contribution is 5.71. The molecule has 79 heavy (non-hydrogen) atoms. The number of carbonyl (C=O) groups excluding carboxylic acids is 3. The number of hydrogen-bond donors (Lipinski definition) is 0. The van der Waals surface area contributed by atoms with Crippen LogP contribution in [0.25, 0.3) is 0 Å². The first kappa shape index (κ1) is 75.1. The maximum absolute atomic E-state index is 12.9. The zero-order chi connectivity index (χ0) is 57.1. The zero-order valence-electron chi connectivity index (χ0n) is 51.9. The summed E-state index contributed by atoms with van der Waals surface area (Å²) >= 11 is 0. The maximum atomic E-state index is 12.9. The topological polar surface area (TPSA) is 78.9 Å². The van der Waals surface area contributed by atoms with Gasteiger partial charge in [-0.05, 0) is 109 Å². The summed E-state index contributed by atoms with van der Waals surface area (Å²) in [5.74, 6) is -0.891. The van der Waals surface area contributed by atoms with Crippen LogP contribution in [0.3, 0.4) is 0 Å². The van der Waals surface area contributed by atoms with Crippen molar-refractivity contribution in [2.45, 2.75) is 322 Å². The number of ether oxygens (including phenoxy) is 3. The van der Waals surface area contributed by atoms with Crippen LogP contribution >= 0.6 is 0 Å². The SMILES string of the molecule is CC/C=C\C/C=C\C/C=C\C/C=C\C/C=C\C/C=C\C/C=C\C/C=C\CCCCCCCCC(=O)OCC(COC(=O)CCCCCCCCCCCCCCC)OC(=O)CCCCCCCCC/C=C\CCCCCCCC. The molecule has 0 aliphatic rings. The Kier molecular flexibility index (Phi) is 63.3. The van der Waals surface area contributed by atoms with Crippen molar-refractivity contribution in [1.82, 2.24) is 0 Å². The van der Waals surface area contributed by atoms with Gasteiger partial charge in [-0.25, -0.2) is 0 Å². The minimum Gasteiger partial charge on any atom is -0.462 e. The van der Waals surface area contributed by atoms with Crippen molar-refractivity contribution in [2.75, 3.05) is 13.2 Å². The first-order valence-corrected chi connectivity index (χ1v) is 33.4. The summed E-state index contributed by atoms with van der Waals surface area (Å²) < 4.78 is 16.9. The van der Waals surface area contributed by atoms with Crippen LogP contribution < -0.4 is 0 Å². The predicted molar refractivity (Wildman–Crippen MR) is 343 cm³/mol. The third kappa shape index (κ3) is 64.8. The Bertz CT molecular complexity index is 1590. The predicted octanol–water partition coefficient (Wildman–Crippen LogP) is 23.0. The second-order valence-electron chi connectivity index (χ2n) is 22.0. The van der Waals surface area contributed by atoms with Gasteiger partial charge < -0.3 is 14.2 Å². The third-order valence-corrected chi connectivity index (χ3v) is 14.3. The summed E-state index contributed by atoms with van der Waals surface area (Å²) in [6, 6.07) is 0. The number of hydrogen-bond acceptors (Lipinski definition) is 6. The fraction of sp³-hybridized carbons (Fsp3) is 0.712. The molecule has 1 unspecified atom stereocenters. The molecule has 0 aromatic rings. The molecule has 6 nitrogen and oxygen atoms in total. The summed E-state index contributed by atoms with van der Waals surface area (Å²) in [6.07, 6.45) is 90.9. The molecule has 452 valence electrons. The minimum absolute atomic E-state index is 0.0819. The summed E-state index contributed by atoms with van der Waals surface area (Å²) in [7, 11) is 0. The van der Waals surface area contributed by atoms with E-state index < -0.39 is 6.10 Å². The molecule has 6 heteroatoms. The van der Waals surface area contributed by atoms with Crippen molar-refractivity contribution >= 4 is 17.9 Å². The Morgan fingerprint density at radius 2 is 0.494 bits per heavy atom. The van der Waals surface area contributed by atoms with Crippen molar-refractivity contribution in [3.8, 4) is 0 Å². The molecule has 0 heterocycles. The van der Waals surface area contributed by atoms with Crippen LogP contribution in [0.5, 0.6) is 0 Å². The molecule has 0 aromatic heterocycles. The molecule has 0 spiro atoms. The summed E-state index contributed by atoms with van der Waals surface area (Å²) in [6.45, 7) is 6.53. The fourth-order valence-electron chi connectivity index (χ4n) is 9.28. The van der Waals surface area contributed by atoms with E-state index in [4.69, 9.17) is 14.2 Å². The molecule has 0 bridgehead atoms. The number of esters is 3.